The van der Waals surface area contributed by atoms with Crippen LogP contribution < -0.4 is 0 Å². The zero-order valence-corrected chi connectivity index (χ0v) is 13.9. The number of halogens is 1. The number of rotatable bonds is 4. The SMILES string of the molecule is Cc1nn(C(C)C)cc1CN1C[C@@H](O)C[C@H]1c1ccc(F)cc1. The van der Waals surface area contributed by atoms with E-state index < -0.39 is 0 Å². The van der Waals surface area contributed by atoms with E-state index >= 15 is 0 Å². The van der Waals surface area contributed by atoms with Crippen LogP contribution in [0.15, 0.2) is 30.5 Å². The first-order chi connectivity index (χ1) is 10.9. The lowest BCUT2D eigenvalue weighted by molar-refractivity contribution is 0.172. The first-order valence-electron chi connectivity index (χ1n) is 8.16. The number of aromatic nitrogens is 2. The van der Waals surface area contributed by atoms with Crippen molar-refractivity contribution in [1.29, 1.82) is 0 Å². The molecule has 0 saturated carbocycles. The van der Waals surface area contributed by atoms with Crippen LogP contribution >= 0.6 is 0 Å². The third-order valence-corrected chi connectivity index (χ3v) is 4.56. The Balaban J connectivity index is 1.81. The highest BCUT2D eigenvalue weighted by molar-refractivity contribution is 5.23. The molecule has 1 aliphatic rings. The third kappa shape index (κ3) is 3.46. The fourth-order valence-corrected chi connectivity index (χ4v) is 3.24. The smallest absolute Gasteiger partial charge is 0.123 e. The summed E-state index contributed by atoms with van der Waals surface area (Å²) in [6.45, 7) is 7.62. The van der Waals surface area contributed by atoms with Gasteiger partial charge in [0.25, 0.3) is 0 Å². The van der Waals surface area contributed by atoms with E-state index in [1.165, 1.54) is 17.7 Å². The minimum atomic E-state index is -0.342. The molecule has 23 heavy (non-hydrogen) atoms. The van der Waals surface area contributed by atoms with Crippen LogP contribution in [0.4, 0.5) is 4.39 Å². The van der Waals surface area contributed by atoms with Crippen LogP contribution in [0.1, 0.15) is 49.2 Å². The molecular formula is C18H24FN3O. The molecule has 4 nitrogen and oxygen atoms in total. The van der Waals surface area contributed by atoms with Crippen molar-refractivity contribution in [2.75, 3.05) is 6.54 Å². The molecule has 0 bridgehead atoms. The average Bonchev–Trinajstić information content (AvgIpc) is 3.04. The number of aryl methyl sites for hydroxylation is 1. The Labute approximate surface area is 136 Å². The normalized spacial score (nSPS) is 22.2. The van der Waals surface area contributed by atoms with Crippen molar-refractivity contribution in [3.8, 4) is 0 Å². The van der Waals surface area contributed by atoms with Gasteiger partial charge in [-0.05, 0) is 44.9 Å². The lowest BCUT2D eigenvalue weighted by atomic mass is 10.0. The number of benzene rings is 1. The molecule has 1 aromatic carbocycles. The number of likely N-dealkylation sites (tertiary alicyclic amines) is 1. The highest BCUT2D eigenvalue weighted by atomic mass is 19.1. The predicted octanol–water partition coefficient (Wildman–Crippen LogP) is 3.22. The zero-order valence-electron chi connectivity index (χ0n) is 13.9. The highest BCUT2D eigenvalue weighted by Crippen LogP contribution is 2.33. The van der Waals surface area contributed by atoms with Gasteiger partial charge in [0, 0.05) is 36.9 Å². The molecule has 0 aliphatic carbocycles. The maximum atomic E-state index is 13.2. The van der Waals surface area contributed by atoms with Crippen LogP contribution in [0, 0.1) is 12.7 Å². The Morgan fingerprint density at radius 2 is 2.00 bits per heavy atom. The van der Waals surface area contributed by atoms with Crippen molar-refractivity contribution in [3.05, 3.63) is 53.1 Å². The summed E-state index contributed by atoms with van der Waals surface area (Å²) in [5, 5.41) is 14.6. The van der Waals surface area contributed by atoms with Gasteiger partial charge in [-0.1, -0.05) is 12.1 Å². The molecule has 1 saturated heterocycles. The van der Waals surface area contributed by atoms with Gasteiger partial charge in [0.2, 0.25) is 0 Å². The van der Waals surface area contributed by atoms with E-state index in [9.17, 15) is 9.50 Å². The Morgan fingerprint density at radius 1 is 1.30 bits per heavy atom. The summed E-state index contributed by atoms with van der Waals surface area (Å²) in [7, 11) is 0. The van der Waals surface area contributed by atoms with E-state index in [1.807, 2.05) is 23.7 Å². The average molecular weight is 317 g/mol. The van der Waals surface area contributed by atoms with Gasteiger partial charge in [-0.15, -0.1) is 0 Å². The molecule has 2 aromatic rings. The van der Waals surface area contributed by atoms with Gasteiger partial charge in [0.1, 0.15) is 5.82 Å². The molecule has 0 spiro atoms. The van der Waals surface area contributed by atoms with E-state index in [4.69, 9.17) is 0 Å². The molecule has 5 heteroatoms. The fourth-order valence-electron chi connectivity index (χ4n) is 3.24. The molecule has 1 aromatic heterocycles. The molecule has 1 fully saturated rings. The molecular weight excluding hydrogens is 293 g/mol. The molecule has 1 N–H and O–H groups in total. The molecule has 1 aliphatic heterocycles. The van der Waals surface area contributed by atoms with E-state index in [0.29, 0.717) is 19.0 Å². The molecule has 0 amide bonds. The van der Waals surface area contributed by atoms with Gasteiger partial charge in [-0.3, -0.25) is 9.58 Å². The van der Waals surface area contributed by atoms with Crippen LogP contribution in [0.3, 0.4) is 0 Å². The van der Waals surface area contributed by atoms with Crippen LogP contribution in [-0.4, -0.2) is 32.4 Å². The van der Waals surface area contributed by atoms with Gasteiger partial charge in [-0.2, -0.15) is 5.10 Å². The minimum Gasteiger partial charge on any atom is -0.392 e. The maximum Gasteiger partial charge on any atom is 0.123 e. The summed E-state index contributed by atoms with van der Waals surface area (Å²) in [5.41, 5.74) is 3.26. The van der Waals surface area contributed by atoms with Crippen molar-refractivity contribution < 1.29 is 9.50 Å². The predicted molar refractivity (Wildman–Crippen MR) is 87.5 cm³/mol. The monoisotopic (exact) mass is 317 g/mol. The van der Waals surface area contributed by atoms with Crippen LogP contribution in [0.2, 0.25) is 0 Å². The molecule has 2 heterocycles. The van der Waals surface area contributed by atoms with E-state index in [2.05, 4.69) is 30.0 Å². The number of hydrogen-bond acceptors (Lipinski definition) is 3. The number of hydrogen-bond donors (Lipinski definition) is 1. The van der Waals surface area contributed by atoms with Crippen molar-refractivity contribution in [3.63, 3.8) is 0 Å². The Kier molecular flexibility index (Phi) is 4.50. The number of nitrogens with zero attached hydrogens (tertiary/aromatic N) is 3. The second-order valence-electron chi connectivity index (χ2n) is 6.70. The Hall–Kier alpha value is -1.72. The summed E-state index contributed by atoms with van der Waals surface area (Å²) in [6, 6.07) is 7.05. The number of aliphatic hydroxyl groups excluding tert-OH is 1. The molecule has 0 radical (unpaired) electrons. The van der Waals surface area contributed by atoms with Crippen molar-refractivity contribution in [1.82, 2.24) is 14.7 Å². The topological polar surface area (TPSA) is 41.3 Å². The van der Waals surface area contributed by atoms with Crippen LogP contribution in [0.25, 0.3) is 0 Å². The molecule has 2 atom stereocenters. The molecule has 0 unspecified atom stereocenters. The summed E-state index contributed by atoms with van der Waals surface area (Å²) in [4.78, 5) is 2.26. The van der Waals surface area contributed by atoms with Gasteiger partial charge in [0.05, 0.1) is 11.8 Å². The van der Waals surface area contributed by atoms with Gasteiger partial charge in [-0.25, -0.2) is 4.39 Å². The van der Waals surface area contributed by atoms with Crippen LogP contribution in [0.5, 0.6) is 0 Å². The second kappa shape index (κ2) is 6.42. The van der Waals surface area contributed by atoms with Crippen molar-refractivity contribution in [2.45, 2.75) is 51.9 Å². The molecule has 124 valence electrons. The third-order valence-electron chi connectivity index (χ3n) is 4.56. The van der Waals surface area contributed by atoms with E-state index in [1.54, 1.807) is 0 Å². The fraction of sp³-hybridized carbons (Fsp3) is 0.500. The zero-order chi connectivity index (χ0) is 16.6. The van der Waals surface area contributed by atoms with E-state index in [0.717, 1.165) is 17.8 Å². The standard InChI is InChI=1S/C18H24FN3O/c1-12(2)22-10-15(13(3)20-22)9-21-11-17(23)8-18(21)14-4-6-16(19)7-5-14/h4-7,10,12,17-18,23H,8-9,11H2,1-3H3/t17-,18-/m0/s1. The lowest BCUT2D eigenvalue weighted by Crippen LogP contribution is -2.24. The largest absolute Gasteiger partial charge is 0.392 e. The summed E-state index contributed by atoms with van der Waals surface area (Å²) in [5.74, 6) is -0.229. The Bertz CT molecular complexity index is 665. The first kappa shape index (κ1) is 16.1. The first-order valence-corrected chi connectivity index (χ1v) is 8.16. The van der Waals surface area contributed by atoms with Gasteiger partial charge < -0.3 is 5.11 Å². The summed E-state index contributed by atoms with van der Waals surface area (Å²) >= 11 is 0. The quantitative estimate of drug-likeness (QED) is 0.941. The second-order valence-corrected chi connectivity index (χ2v) is 6.70. The van der Waals surface area contributed by atoms with E-state index in [-0.39, 0.29) is 18.0 Å². The lowest BCUT2D eigenvalue weighted by Gasteiger charge is -2.24. The maximum absolute atomic E-state index is 13.2. The number of aliphatic hydroxyl groups is 1. The Morgan fingerprint density at radius 3 is 2.61 bits per heavy atom. The minimum absolute atomic E-state index is 0.118. The highest BCUT2D eigenvalue weighted by Gasteiger charge is 2.32. The van der Waals surface area contributed by atoms with Gasteiger partial charge in [0.15, 0.2) is 0 Å². The van der Waals surface area contributed by atoms with Crippen LogP contribution in [-0.2, 0) is 6.54 Å². The van der Waals surface area contributed by atoms with Gasteiger partial charge >= 0.3 is 0 Å². The summed E-state index contributed by atoms with van der Waals surface area (Å²) < 4.78 is 15.1. The van der Waals surface area contributed by atoms with Crippen molar-refractivity contribution >= 4 is 0 Å². The summed E-state index contributed by atoms with van der Waals surface area (Å²) in [6.07, 6.45) is 2.43. The van der Waals surface area contributed by atoms with Crippen molar-refractivity contribution in [2.24, 2.45) is 0 Å². The number of β-amino-alcohol motifs (C(OH)–C–C–N with tert-alkyl or cyclic N) is 1. The molecule has 3 rings (SSSR count).